The molecule has 112 valence electrons. The maximum absolute atomic E-state index is 12.4. The van der Waals surface area contributed by atoms with Gasteiger partial charge in [-0.1, -0.05) is 39.1 Å². The van der Waals surface area contributed by atoms with Gasteiger partial charge >= 0.3 is 0 Å². The first-order chi connectivity index (χ1) is 9.85. The summed E-state index contributed by atoms with van der Waals surface area (Å²) in [4.78, 5) is 12.4. The van der Waals surface area contributed by atoms with Gasteiger partial charge in [0.1, 0.15) is 5.69 Å². The number of halogens is 3. The molecule has 0 bridgehead atoms. The van der Waals surface area contributed by atoms with Gasteiger partial charge < -0.3 is 11.1 Å². The number of nitrogens with two attached hydrogens (primary N) is 1. The molecule has 2 aromatic rings. The van der Waals surface area contributed by atoms with Gasteiger partial charge in [-0.3, -0.25) is 9.48 Å². The number of nitrogens with one attached hydrogen (secondary N) is 1. The molecule has 1 aromatic heterocycles. The lowest BCUT2D eigenvalue weighted by Gasteiger charge is -2.11. The van der Waals surface area contributed by atoms with Crippen molar-refractivity contribution in [3.63, 3.8) is 0 Å². The minimum atomic E-state index is -0.402. The Morgan fingerprint density at radius 2 is 2.00 bits per heavy atom. The van der Waals surface area contributed by atoms with Crippen LogP contribution in [-0.2, 0) is 6.54 Å². The molecule has 0 fully saturated rings. The van der Waals surface area contributed by atoms with Crippen molar-refractivity contribution in [1.29, 1.82) is 0 Å². The van der Waals surface area contributed by atoms with Crippen molar-refractivity contribution in [2.45, 2.75) is 20.4 Å². The van der Waals surface area contributed by atoms with Gasteiger partial charge in [0, 0.05) is 11.0 Å². The summed E-state index contributed by atoms with van der Waals surface area (Å²) in [7, 11) is 0. The molecule has 0 saturated heterocycles. The molecular formula is C13H13BrCl2N4O. The van der Waals surface area contributed by atoms with Crippen molar-refractivity contribution < 1.29 is 4.79 Å². The number of hydrogen-bond acceptors (Lipinski definition) is 3. The van der Waals surface area contributed by atoms with Gasteiger partial charge in [-0.2, -0.15) is 5.10 Å². The van der Waals surface area contributed by atoms with Gasteiger partial charge in [-0.25, -0.2) is 0 Å². The predicted octanol–water partition coefficient (Wildman–Crippen LogP) is 4.12. The van der Waals surface area contributed by atoms with E-state index < -0.39 is 5.91 Å². The van der Waals surface area contributed by atoms with Crippen LogP contribution in [0.3, 0.4) is 0 Å². The molecule has 0 aliphatic heterocycles. The fourth-order valence-electron chi connectivity index (χ4n) is 1.90. The van der Waals surface area contributed by atoms with Crippen molar-refractivity contribution in [3.8, 4) is 0 Å². The van der Waals surface area contributed by atoms with Crippen LogP contribution in [0.5, 0.6) is 0 Å². The average molecular weight is 392 g/mol. The van der Waals surface area contributed by atoms with E-state index in [0.717, 1.165) is 4.47 Å². The van der Waals surface area contributed by atoms with Gasteiger partial charge in [-0.15, -0.1) is 0 Å². The number of carbonyl (C=O) groups excluding carboxylic acids is 1. The van der Waals surface area contributed by atoms with Crippen molar-refractivity contribution in [2.75, 3.05) is 11.1 Å². The maximum atomic E-state index is 12.4. The SMILES string of the molecule is CCn1nc(C)c(N)c1C(=O)Nc1c(Cl)cc(Br)cc1Cl. The molecule has 21 heavy (non-hydrogen) atoms. The third-order valence-corrected chi connectivity index (χ3v) is 3.99. The molecule has 8 heteroatoms. The van der Waals surface area contributed by atoms with E-state index in [-0.39, 0.29) is 0 Å². The Bertz CT molecular complexity index is 691. The second-order valence-corrected chi connectivity index (χ2v) is 6.09. The van der Waals surface area contributed by atoms with Crippen LogP contribution in [0.2, 0.25) is 10.0 Å². The van der Waals surface area contributed by atoms with E-state index in [2.05, 4.69) is 26.3 Å². The van der Waals surface area contributed by atoms with E-state index in [9.17, 15) is 4.79 Å². The van der Waals surface area contributed by atoms with Gasteiger partial charge in [0.05, 0.1) is 27.1 Å². The molecular weight excluding hydrogens is 379 g/mol. The first kappa shape index (κ1) is 16.1. The van der Waals surface area contributed by atoms with Gasteiger partial charge in [0.2, 0.25) is 0 Å². The number of aromatic nitrogens is 2. The number of nitrogens with zero attached hydrogens (tertiary/aromatic N) is 2. The quantitative estimate of drug-likeness (QED) is 0.826. The Labute approximate surface area is 140 Å². The lowest BCUT2D eigenvalue weighted by Crippen LogP contribution is -2.19. The summed E-state index contributed by atoms with van der Waals surface area (Å²) in [5.41, 5.74) is 7.51. The van der Waals surface area contributed by atoms with E-state index in [1.165, 1.54) is 0 Å². The fraction of sp³-hybridized carbons (Fsp3) is 0.231. The summed E-state index contributed by atoms with van der Waals surface area (Å²) in [6.45, 7) is 4.16. The van der Waals surface area contributed by atoms with E-state index in [4.69, 9.17) is 28.9 Å². The van der Waals surface area contributed by atoms with Crippen LogP contribution in [0.1, 0.15) is 23.1 Å². The maximum Gasteiger partial charge on any atom is 0.276 e. The number of amides is 1. The first-order valence-electron chi connectivity index (χ1n) is 6.13. The molecule has 0 aliphatic rings. The van der Waals surface area contributed by atoms with Gasteiger partial charge in [-0.05, 0) is 26.0 Å². The minimum Gasteiger partial charge on any atom is -0.395 e. The number of hydrogen-bond donors (Lipinski definition) is 2. The molecule has 0 unspecified atom stereocenters. The molecule has 0 spiro atoms. The Morgan fingerprint density at radius 3 is 2.52 bits per heavy atom. The van der Waals surface area contributed by atoms with Crippen LogP contribution >= 0.6 is 39.1 Å². The summed E-state index contributed by atoms with van der Waals surface area (Å²) < 4.78 is 2.27. The van der Waals surface area contributed by atoms with Crippen LogP contribution in [0.25, 0.3) is 0 Å². The Balaban J connectivity index is 2.40. The van der Waals surface area contributed by atoms with Gasteiger partial charge in [0.15, 0.2) is 0 Å². The van der Waals surface area contributed by atoms with E-state index in [0.29, 0.717) is 39.4 Å². The van der Waals surface area contributed by atoms with Crippen LogP contribution in [0, 0.1) is 6.92 Å². The second-order valence-electron chi connectivity index (χ2n) is 4.36. The van der Waals surface area contributed by atoms with Crippen LogP contribution < -0.4 is 11.1 Å². The Kier molecular flexibility index (Phi) is 4.81. The largest absolute Gasteiger partial charge is 0.395 e. The number of nitrogen functional groups attached to an aromatic ring is 1. The van der Waals surface area contributed by atoms with Gasteiger partial charge in [0.25, 0.3) is 5.91 Å². The van der Waals surface area contributed by atoms with Crippen molar-refractivity contribution in [1.82, 2.24) is 9.78 Å². The topological polar surface area (TPSA) is 72.9 Å². The van der Waals surface area contributed by atoms with E-state index in [1.54, 1.807) is 23.7 Å². The number of benzene rings is 1. The highest BCUT2D eigenvalue weighted by Gasteiger charge is 2.21. The Hall–Kier alpha value is -1.24. The zero-order valence-corrected chi connectivity index (χ0v) is 14.5. The lowest BCUT2D eigenvalue weighted by molar-refractivity contribution is 0.101. The van der Waals surface area contributed by atoms with Crippen molar-refractivity contribution in [2.24, 2.45) is 0 Å². The van der Waals surface area contributed by atoms with Crippen LogP contribution in [0.15, 0.2) is 16.6 Å². The summed E-state index contributed by atoms with van der Waals surface area (Å²) in [5, 5.41) is 7.56. The average Bonchev–Trinajstić information content (AvgIpc) is 2.69. The zero-order valence-electron chi connectivity index (χ0n) is 11.4. The zero-order chi connectivity index (χ0) is 15.7. The van der Waals surface area contributed by atoms with E-state index in [1.807, 2.05) is 6.92 Å². The smallest absolute Gasteiger partial charge is 0.276 e. The van der Waals surface area contributed by atoms with Crippen molar-refractivity contribution >= 4 is 56.4 Å². The highest BCUT2D eigenvalue weighted by Crippen LogP contribution is 2.34. The van der Waals surface area contributed by atoms with Crippen LogP contribution in [0.4, 0.5) is 11.4 Å². The molecule has 3 N–H and O–H groups in total. The molecule has 1 amide bonds. The number of anilines is 2. The molecule has 1 aromatic carbocycles. The molecule has 0 radical (unpaired) electrons. The third-order valence-electron chi connectivity index (χ3n) is 2.93. The second kappa shape index (κ2) is 6.25. The predicted molar refractivity (Wildman–Crippen MR) is 89.2 cm³/mol. The molecule has 1 heterocycles. The molecule has 5 nitrogen and oxygen atoms in total. The lowest BCUT2D eigenvalue weighted by atomic mass is 10.2. The first-order valence-corrected chi connectivity index (χ1v) is 7.68. The van der Waals surface area contributed by atoms with Crippen LogP contribution in [-0.4, -0.2) is 15.7 Å². The molecule has 0 saturated carbocycles. The highest BCUT2D eigenvalue weighted by atomic mass is 79.9. The van der Waals surface area contributed by atoms with Crippen molar-refractivity contribution in [3.05, 3.63) is 38.0 Å². The summed E-state index contributed by atoms with van der Waals surface area (Å²) >= 11 is 15.5. The summed E-state index contributed by atoms with van der Waals surface area (Å²) in [5.74, 6) is -0.402. The van der Waals surface area contributed by atoms with E-state index >= 15 is 0 Å². The number of aryl methyl sites for hydroxylation is 2. The fourth-order valence-corrected chi connectivity index (χ4v) is 3.20. The highest BCUT2D eigenvalue weighted by molar-refractivity contribution is 9.10. The normalized spacial score (nSPS) is 10.7. The Morgan fingerprint density at radius 1 is 1.43 bits per heavy atom. The molecule has 0 aliphatic carbocycles. The summed E-state index contributed by atoms with van der Waals surface area (Å²) in [6, 6.07) is 3.30. The molecule has 2 rings (SSSR count). The summed E-state index contributed by atoms with van der Waals surface area (Å²) in [6.07, 6.45) is 0. The third kappa shape index (κ3) is 3.17. The molecule has 0 atom stereocenters. The monoisotopic (exact) mass is 390 g/mol. The number of carbonyl (C=O) groups is 1. The number of rotatable bonds is 3. The minimum absolute atomic E-state index is 0.296. The standard InChI is InChI=1S/C13H13BrCl2N4O/c1-3-20-12(10(17)6(2)19-20)13(21)18-11-8(15)4-7(14)5-9(11)16/h4-5H,3,17H2,1-2H3,(H,18,21).